The van der Waals surface area contributed by atoms with Crippen molar-refractivity contribution in [1.29, 1.82) is 0 Å². The van der Waals surface area contributed by atoms with E-state index in [0.29, 0.717) is 5.92 Å². The van der Waals surface area contributed by atoms with E-state index in [1.807, 2.05) is 6.08 Å². The first kappa shape index (κ1) is 19.2. The molecule has 2 aromatic heterocycles. The van der Waals surface area contributed by atoms with Crippen molar-refractivity contribution < 1.29 is 0 Å². The molecule has 3 heterocycles. The molecule has 1 aliphatic rings. The van der Waals surface area contributed by atoms with E-state index in [2.05, 4.69) is 78.2 Å². The molecular formula is C23H30N4. The molecule has 1 fully saturated rings. The highest BCUT2D eigenvalue weighted by molar-refractivity contribution is 5.66. The zero-order chi connectivity index (χ0) is 19.2. The van der Waals surface area contributed by atoms with Crippen molar-refractivity contribution in [2.24, 2.45) is 5.92 Å². The number of aryl methyl sites for hydroxylation is 1. The molecule has 0 aliphatic carbocycles. The number of piperidine rings is 1. The topological polar surface area (TPSA) is 56.5 Å². The van der Waals surface area contributed by atoms with E-state index < -0.39 is 0 Å². The Balaban J connectivity index is 1.94. The molecule has 0 aromatic carbocycles. The van der Waals surface area contributed by atoms with E-state index >= 15 is 0 Å². The van der Waals surface area contributed by atoms with Crippen LogP contribution in [0.15, 0.2) is 36.4 Å². The van der Waals surface area contributed by atoms with E-state index in [0.717, 1.165) is 46.3 Å². The number of H-pyrrole nitrogens is 2. The Labute approximate surface area is 161 Å². The molecule has 0 spiro atoms. The minimum atomic E-state index is 0.684. The third-order valence-electron chi connectivity index (χ3n) is 5.34. The highest BCUT2D eigenvalue weighted by Crippen LogP contribution is 2.21. The van der Waals surface area contributed by atoms with Gasteiger partial charge < -0.3 is 10.3 Å². The summed E-state index contributed by atoms with van der Waals surface area (Å²) in [6.45, 7) is 12.3. The van der Waals surface area contributed by atoms with Crippen molar-refractivity contribution in [1.82, 2.24) is 20.5 Å². The summed E-state index contributed by atoms with van der Waals surface area (Å²) in [4.78, 5) is 3.45. The van der Waals surface area contributed by atoms with Crippen molar-refractivity contribution in [3.63, 3.8) is 0 Å². The zero-order valence-electron chi connectivity index (χ0n) is 16.6. The molecule has 1 aliphatic heterocycles. The van der Waals surface area contributed by atoms with Gasteiger partial charge in [0.2, 0.25) is 0 Å². The van der Waals surface area contributed by atoms with Gasteiger partial charge in [0.05, 0.1) is 11.0 Å². The van der Waals surface area contributed by atoms with E-state index in [1.54, 1.807) is 6.08 Å². The maximum absolute atomic E-state index is 4.58. The van der Waals surface area contributed by atoms with Gasteiger partial charge >= 0.3 is 0 Å². The first-order valence-corrected chi connectivity index (χ1v) is 9.73. The van der Waals surface area contributed by atoms with E-state index in [4.69, 9.17) is 0 Å². The molecule has 1 saturated heterocycles. The van der Waals surface area contributed by atoms with Gasteiger partial charge in [0.1, 0.15) is 5.69 Å². The van der Waals surface area contributed by atoms with E-state index in [9.17, 15) is 0 Å². The molecule has 0 bridgehead atoms. The van der Waals surface area contributed by atoms with Crippen LogP contribution in [0.4, 0.5) is 0 Å². The van der Waals surface area contributed by atoms with Crippen molar-refractivity contribution in [3.8, 4) is 11.4 Å². The van der Waals surface area contributed by atoms with Gasteiger partial charge in [-0.15, -0.1) is 0 Å². The van der Waals surface area contributed by atoms with Gasteiger partial charge in [-0.1, -0.05) is 42.5 Å². The quantitative estimate of drug-likeness (QED) is 0.714. The Bertz CT molecular complexity index is 963. The fourth-order valence-corrected chi connectivity index (χ4v) is 3.66. The van der Waals surface area contributed by atoms with Gasteiger partial charge in [-0.3, -0.25) is 5.10 Å². The number of nitrogens with one attached hydrogen (secondary N) is 3. The maximum Gasteiger partial charge on any atom is 0.116 e. The highest BCUT2D eigenvalue weighted by Gasteiger charge is 2.14. The summed E-state index contributed by atoms with van der Waals surface area (Å²) in [7, 11) is 0. The summed E-state index contributed by atoms with van der Waals surface area (Å²) in [5.74, 6) is 0.684. The monoisotopic (exact) mass is 362 g/mol. The lowest BCUT2D eigenvalue weighted by atomic mass is 9.91. The number of aromatic amines is 2. The lowest BCUT2D eigenvalue weighted by Crippen LogP contribution is -2.28. The standard InChI is InChI=1S/C23H30N4/c1-5-7-8-19-15-22(25-17(19)4)23-20(6-2)21(26-27-23)10-9-16(3)18-11-13-24-14-12-18/h5-10,15,18,24-26H,1,11-14H2,2-4H3/b8-7-,16-9+,20-6-,21-10+. The number of hydrogen-bond donors (Lipinski definition) is 3. The van der Waals surface area contributed by atoms with E-state index in [1.165, 1.54) is 18.4 Å². The Morgan fingerprint density at radius 3 is 2.78 bits per heavy atom. The predicted octanol–water partition coefficient (Wildman–Crippen LogP) is 3.44. The van der Waals surface area contributed by atoms with Gasteiger partial charge in [-0.2, -0.15) is 5.10 Å². The number of rotatable bonds is 5. The smallest absolute Gasteiger partial charge is 0.116 e. The largest absolute Gasteiger partial charge is 0.357 e. The number of allylic oxidation sites excluding steroid dienone is 4. The molecule has 4 nitrogen and oxygen atoms in total. The van der Waals surface area contributed by atoms with Crippen LogP contribution in [-0.4, -0.2) is 28.3 Å². The van der Waals surface area contributed by atoms with Gasteiger partial charge in [0, 0.05) is 10.9 Å². The first-order chi connectivity index (χ1) is 13.1. The summed E-state index contributed by atoms with van der Waals surface area (Å²) in [6.07, 6.45) is 14.8. The average Bonchev–Trinajstić information content (AvgIpc) is 3.27. The molecule has 0 radical (unpaired) electrons. The second kappa shape index (κ2) is 8.87. The summed E-state index contributed by atoms with van der Waals surface area (Å²) in [5.41, 5.74) is 5.71. The van der Waals surface area contributed by atoms with Crippen molar-refractivity contribution in [3.05, 3.63) is 58.3 Å². The summed E-state index contributed by atoms with van der Waals surface area (Å²) >= 11 is 0. The molecule has 3 rings (SSSR count). The molecule has 3 N–H and O–H groups in total. The van der Waals surface area contributed by atoms with Crippen LogP contribution in [0.5, 0.6) is 0 Å². The lowest BCUT2D eigenvalue weighted by molar-refractivity contribution is 0.420. The van der Waals surface area contributed by atoms with Gasteiger partial charge in [0.15, 0.2) is 0 Å². The van der Waals surface area contributed by atoms with Crippen LogP contribution in [0.25, 0.3) is 29.6 Å². The van der Waals surface area contributed by atoms with E-state index in [-0.39, 0.29) is 0 Å². The Kier molecular flexibility index (Phi) is 6.30. The van der Waals surface area contributed by atoms with Gasteiger partial charge in [0.25, 0.3) is 0 Å². The Morgan fingerprint density at radius 1 is 1.30 bits per heavy atom. The SMILES string of the molecule is C=C/C=C\c1cc(-c2n[nH]c(=C/C=C(\C)C3CCNCC3)/c2=C/C)[nH]c1C. The fourth-order valence-electron chi connectivity index (χ4n) is 3.66. The molecule has 4 heteroatoms. The zero-order valence-corrected chi connectivity index (χ0v) is 16.6. The van der Waals surface area contributed by atoms with Crippen LogP contribution in [0.3, 0.4) is 0 Å². The summed E-state index contributed by atoms with van der Waals surface area (Å²) in [6, 6.07) is 2.14. The Morgan fingerprint density at radius 2 is 2.07 bits per heavy atom. The van der Waals surface area contributed by atoms with Crippen LogP contribution in [0, 0.1) is 12.8 Å². The van der Waals surface area contributed by atoms with Crippen LogP contribution in [0.1, 0.15) is 37.9 Å². The van der Waals surface area contributed by atoms with Crippen molar-refractivity contribution >= 4 is 18.2 Å². The minimum absolute atomic E-state index is 0.684. The average molecular weight is 363 g/mol. The highest BCUT2D eigenvalue weighted by atomic mass is 15.1. The third-order valence-corrected chi connectivity index (χ3v) is 5.34. The predicted molar refractivity (Wildman–Crippen MR) is 116 cm³/mol. The fraction of sp³-hybridized carbons (Fsp3) is 0.348. The third kappa shape index (κ3) is 4.40. The summed E-state index contributed by atoms with van der Waals surface area (Å²) < 4.78 is 0. The first-order valence-electron chi connectivity index (χ1n) is 9.73. The molecular weight excluding hydrogens is 332 g/mol. The van der Waals surface area contributed by atoms with Crippen LogP contribution >= 0.6 is 0 Å². The molecule has 0 unspecified atom stereocenters. The van der Waals surface area contributed by atoms with Gasteiger partial charge in [-0.25, -0.2) is 0 Å². The molecule has 142 valence electrons. The second-order valence-electron chi connectivity index (χ2n) is 7.15. The number of hydrogen-bond acceptors (Lipinski definition) is 2. The Hall–Kier alpha value is -2.59. The van der Waals surface area contributed by atoms with Gasteiger partial charge in [-0.05, 0) is 70.3 Å². The molecule has 0 amide bonds. The summed E-state index contributed by atoms with van der Waals surface area (Å²) in [5, 5.41) is 13.4. The lowest BCUT2D eigenvalue weighted by Gasteiger charge is -2.23. The number of aromatic nitrogens is 3. The normalized spacial score (nSPS) is 18.0. The van der Waals surface area contributed by atoms with Crippen LogP contribution in [0.2, 0.25) is 0 Å². The number of nitrogens with zero attached hydrogens (tertiary/aromatic N) is 1. The van der Waals surface area contributed by atoms with Crippen LogP contribution in [-0.2, 0) is 0 Å². The molecule has 0 saturated carbocycles. The molecule has 0 atom stereocenters. The second-order valence-corrected chi connectivity index (χ2v) is 7.15. The molecule has 2 aromatic rings. The maximum atomic E-state index is 4.58. The minimum Gasteiger partial charge on any atom is -0.357 e. The van der Waals surface area contributed by atoms with Crippen LogP contribution < -0.4 is 15.9 Å². The molecule has 27 heavy (non-hydrogen) atoms. The van der Waals surface area contributed by atoms with Crippen molar-refractivity contribution in [2.45, 2.75) is 33.6 Å². The van der Waals surface area contributed by atoms with Crippen molar-refractivity contribution in [2.75, 3.05) is 13.1 Å².